The predicted molar refractivity (Wildman–Crippen MR) is 79.3 cm³/mol. The van der Waals surface area contributed by atoms with E-state index >= 15 is 0 Å². The first-order valence-electron chi connectivity index (χ1n) is 6.49. The van der Waals surface area contributed by atoms with Crippen molar-refractivity contribution < 1.29 is 9.84 Å². The summed E-state index contributed by atoms with van der Waals surface area (Å²) in [7, 11) is 1.55. The first-order valence-corrected chi connectivity index (χ1v) is 6.49. The van der Waals surface area contributed by atoms with Crippen molar-refractivity contribution in [3.8, 4) is 22.9 Å². The number of nitrogens with zero attached hydrogens (tertiary/aromatic N) is 4. The molecule has 0 aliphatic heterocycles. The highest BCUT2D eigenvalue weighted by Gasteiger charge is 2.02. The minimum atomic E-state index is -0.112. The monoisotopic (exact) mass is 294 g/mol. The van der Waals surface area contributed by atoms with Gasteiger partial charge < -0.3 is 9.84 Å². The molecule has 0 spiro atoms. The maximum atomic E-state index is 11.8. The van der Waals surface area contributed by atoms with Gasteiger partial charge in [-0.3, -0.25) is 4.99 Å². The predicted octanol–water partition coefficient (Wildman–Crippen LogP) is 1.70. The Morgan fingerprint density at radius 1 is 1.23 bits per heavy atom. The van der Waals surface area contributed by atoms with Crippen LogP contribution < -0.4 is 9.84 Å². The number of rotatable bonds is 4. The molecule has 0 bridgehead atoms. The standard InChI is InChI=1S/C15H13N5O2/c1-22-13-5-6-14(21)11(8-13)9-16-12-4-2-3-10(7-12)15-17-19-20-18-15/h2-9,21H,1H3,(H,17,18,19,20)/p-1. The lowest BCUT2D eigenvalue weighted by atomic mass is 10.2. The van der Waals surface area contributed by atoms with Crippen LogP contribution in [0.1, 0.15) is 5.56 Å². The quantitative estimate of drug-likeness (QED) is 0.738. The lowest BCUT2D eigenvalue weighted by Gasteiger charge is -2.11. The number of methoxy groups -OCH3 is 1. The van der Waals surface area contributed by atoms with E-state index in [1.54, 1.807) is 19.2 Å². The van der Waals surface area contributed by atoms with E-state index in [4.69, 9.17) is 4.74 Å². The molecule has 0 unspecified atom stereocenters. The fourth-order valence-corrected chi connectivity index (χ4v) is 1.91. The SMILES string of the molecule is COc1ccc([O-])c(C=Nc2cccc(-c3nn[nH]n3)c2)c1. The van der Waals surface area contributed by atoms with Crippen LogP contribution >= 0.6 is 0 Å². The van der Waals surface area contributed by atoms with E-state index in [1.165, 1.54) is 12.3 Å². The maximum absolute atomic E-state index is 11.8. The lowest BCUT2D eigenvalue weighted by Crippen LogP contribution is -1.96. The summed E-state index contributed by atoms with van der Waals surface area (Å²) in [5, 5.41) is 25.5. The summed E-state index contributed by atoms with van der Waals surface area (Å²) in [6, 6.07) is 12.1. The molecule has 0 radical (unpaired) electrons. The smallest absolute Gasteiger partial charge is 0.204 e. The van der Waals surface area contributed by atoms with Crippen molar-refractivity contribution in [3.63, 3.8) is 0 Å². The van der Waals surface area contributed by atoms with Crippen molar-refractivity contribution in [2.45, 2.75) is 0 Å². The zero-order chi connectivity index (χ0) is 15.4. The number of aromatic nitrogens is 4. The van der Waals surface area contributed by atoms with Crippen LogP contribution in [0.3, 0.4) is 0 Å². The molecule has 0 fully saturated rings. The van der Waals surface area contributed by atoms with Gasteiger partial charge in [0.05, 0.1) is 12.8 Å². The Morgan fingerprint density at radius 3 is 2.91 bits per heavy atom. The summed E-state index contributed by atoms with van der Waals surface area (Å²) in [5.74, 6) is 0.989. The highest BCUT2D eigenvalue weighted by molar-refractivity contribution is 5.86. The summed E-state index contributed by atoms with van der Waals surface area (Å²) in [5.41, 5.74) is 1.94. The van der Waals surface area contributed by atoms with Crippen LogP contribution in [0.15, 0.2) is 47.5 Å². The second-order valence-corrected chi connectivity index (χ2v) is 4.45. The Morgan fingerprint density at radius 2 is 2.14 bits per heavy atom. The molecular weight excluding hydrogens is 282 g/mol. The van der Waals surface area contributed by atoms with Gasteiger partial charge in [-0.2, -0.15) is 5.21 Å². The van der Waals surface area contributed by atoms with E-state index in [2.05, 4.69) is 25.6 Å². The van der Waals surface area contributed by atoms with Gasteiger partial charge in [-0.25, -0.2) is 0 Å². The number of tetrazole rings is 1. The van der Waals surface area contributed by atoms with Crippen molar-refractivity contribution in [2.24, 2.45) is 4.99 Å². The van der Waals surface area contributed by atoms with Crippen LogP contribution in [0.25, 0.3) is 11.4 Å². The van der Waals surface area contributed by atoms with E-state index in [0.29, 0.717) is 22.8 Å². The van der Waals surface area contributed by atoms with Gasteiger partial charge in [0.2, 0.25) is 5.82 Å². The van der Waals surface area contributed by atoms with Crippen molar-refractivity contribution in [1.29, 1.82) is 0 Å². The molecule has 0 aliphatic carbocycles. The first-order chi connectivity index (χ1) is 10.8. The molecule has 0 amide bonds. The van der Waals surface area contributed by atoms with Crippen molar-refractivity contribution >= 4 is 11.9 Å². The summed E-state index contributed by atoms with van der Waals surface area (Å²) >= 11 is 0. The van der Waals surface area contributed by atoms with Crippen molar-refractivity contribution in [2.75, 3.05) is 7.11 Å². The lowest BCUT2D eigenvalue weighted by molar-refractivity contribution is -0.268. The molecule has 110 valence electrons. The summed E-state index contributed by atoms with van der Waals surface area (Å²) in [4.78, 5) is 4.32. The minimum Gasteiger partial charge on any atom is -0.872 e. The average Bonchev–Trinajstić information content (AvgIpc) is 3.09. The molecule has 1 N–H and O–H groups in total. The van der Waals surface area contributed by atoms with Gasteiger partial charge in [-0.05, 0) is 35.0 Å². The molecule has 3 rings (SSSR count). The van der Waals surface area contributed by atoms with Gasteiger partial charge in [-0.1, -0.05) is 23.9 Å². The molecule has 0 aliphatic rings. The Bertz CT molecular complexity index is 799. The molecule has 0 atom stereocenters. The minimum absolute atomic E-state index is 0.112. The number of H-pyrrole nitrogens is 1. The fourth-order valence-electron chi connectivity index (χ4n) is 1.91. The Hall–Kier alpha value is -3.22. The molecule has 3 aromatic rings. The van der Waals surface area contributed by atoms with Gasteiger partial charge in [0, 0.05) is 11.8 Å². The molecule has 7 nitrogen and oxygen atoms in total. The fraction of sp³-hybridized carbons (Fsp3) is 0.0667. The second kappa shape index (κ2) is 6.04. The van der Waals surface area contributed by atoms with E-state index in [-0.39, 0.29) is 5.75 Å². The molecule has 0 saturated heterocycles. The van der Waals surface area contributed by atoms with Crippen LogP contribution in [-0.4, -0.2) is 33.9 Å². The number of nitrogens with one attached hydrogen (secondary N) is 1. The third-order valence-corrected chi connectivity index (χ3v) is 3.02. The highest BCUT2D eigenvalue weighted by atomic mass is 16.5. The molecule has 7 heteroatoms. The van der Waals surface area contributed by atoms with E-state index in [9.17, 15) is 5.11 Å². The highest BCUT2D eigenvalue weighted by Crippen LogP contribution is 2.22. The van der Waals surface area contributed by atoms with Crippen LogP contribution in [0.2, 0.25) is 0 Å². The van der Waals surface area contributed by atoms with Gasteiger partial charge in [0.25, 0.3) is 0 Å². The van der Waals surface area contributed by atoms with E-state index in [1.807, 2.05) is 24.3 Å². The molecule has 22 heavy (non-hydrogen) atoms. The van der Waals surface area contributed by atoms with Crippen LogP contribution in [-0.2, 0) is 0 Å². The molecular formula is C15H12N5O2-. The first kappa shape index (κ1) is 13.7. The van der Waals surface area contributed by atoms with Gasteiger partial charge >= 0.3 is 0 Å². The molecule has 0 saturated carbocycles. The summed E-state index contributed by atoms with van der Waals surface area (Å²) < 4.78 is 5.10. The van der Waals surface area contributed by atoms with Crippen molar-refractivity contribution in [3.05, 3.63) is 48.0 Å². The Kier molecular flexibility index (Phi) is 3.78. The van der Waals surface area contributed by atoms with E-state index < -0.39 is 0 Å². The zero-order valence-electron chi connectivity index (χ0n) is 11.7. The Labute approximate surface area is 126 Å². The largest absolute Gasteiger partial charge is 0.872 e. The van der Waals surface area contributed by atoms with Crippen LogP contribution in [0.4, 0.5) is 5.69 Å². The van der Waals surface area contributed by atoms with Crippen LogP contribution in [0, 0.1) is 0 Å². The number of aromatic amines is 1. The number of benzene rings is 2. The summed E-state index contributed by atoms with van der Waals surface area (Å²) in [6.07, 6.45) is 1.51. The Balaban J connectivity index is 1.88. The third kappa shape index (κ3) is 2.93. The molecule has 2 aromatic carbocycles. The number of ether oxygens (including phenoxy) is 1. The topological polar surface area (TPSA) is 99.1 Å². The maximum Gasteiger partial charge on any atom is 0.204 e. The number of hydrogen-bond donors (Lipinski definition) is 1. The number of aliphatic imine (C=N–C) groups is 1. The second-order valence-electron chi connectivity index (χ2n) is 4.45. The van der Waals surface area contributed by atoms with Crippen LogP contribution in [0.5, 0.6) is 11.5 Å². The van der Waals surface area contributed by atoms with E-state index in [0.717, 1.165) is 5.56 Å². The zero-order valence-corrected chi connectivity index (χ0v) is 11.7. The number of hydrogen-bond acceptors (Lipinski definition) is 6. The normalized spacial score (nSPS) is 11.0. The molecule has 1 aromatic heterocycles. The third-order valence-electron chi connectivity index (χ3n) is 3.02. The van der Waals surface area contributed by atoms with Crippen molar-refractivity contribution in [1.82, 2.24) is 20.6 Å². The van der Waals surface area contributed by atoms with Gasteiger partial charge in [0.1, 0.15) is 5.75 Å². The molecule has 1 heterocycles. The summed E-state index contributed by atoms with van der Waals surface area (Å²) in [6.45, 7) is 0. The van der Waals surface area contributed by atoms with Gasteiger partial charge in [0.15, 0.2) is 0 Å². The van der Waals surface area contributed by atoms with Gasteiger partial charge in [-0.15, -0.1) is 10.2 Å². The average molecular weight is 294 g/mol.